The Morgan fingerprint density at radius 2 is 1.58 bits per heavy atom. The lowest BCUT2D eigenvalue weighted by Gasteiger charge is -2.08. The van der Waals surface area contributed by atoms with E-state index in [1.165, 1.54) is 56.9 Å². The normalized spacial score (nSPS) is 11.5. The molecule has 0 fully saturated rings. The summed E-state index contributed by atoms with van der Waals surface area (Å²) in [6.07, 6.45) is 11.3. The second-order valence-electron chi connectivity index (χ2n) is 6.54. The van der Waals surface area contributed by atoms with E-state index >= 15 is 0 Å². The number of hydrogen-bond donors (Lipinski definition) is 3. The van der Waals surface area contributed by atoms with Crippen LogP contribution in [0.25, 0.3) is 0 Å². The molecule has 0 unspecified atom stereocenters. The first kappa shape index (κ1) is 22.8. The van der Waals surface area contributed by atoms with Crippen molar-refractivity contribution in [2.24, 2.45) is 0 Å². The second-order valence-corrected chi connectivity index (χ2v) is 7.78. The molecule has 1 aromatic carbocycles. The SMILES string of the molecule is CCCCCCCCCCc1ccc(NC(=O)CCOP(=O)(O)O)cc1. The summed E-state index contributed by atoms with van der Waals surface area (Å²) in [7, 11) is -4.51. The summed E-state index contributed by atoms with van der Waals surface area (Å²) in [5, 5.41) is 2.68. The molecule has 0 saturated heterocycles. The highest BCUT2D eigenvalue weighted by Gasteiger charge is 2.14. The molecule has 0 spiro atoms. The highest BCUT2D eigenvalue weighted by Crippen LogP contribution is 2.35. The highest BCUT2D eigenvalue weighted by atomic mass is 31.2. The molecule has 6 nitrogen and oxygen atoms in total. The van der Waals surface area contributed by atoms with E-state index in [2.05, 4.69) is 16.8 Å². The summed E-state index contributed by atoms with van der Waals surface area (Å²) in [5.74, 6) is -0.339. The van der Waals surface area contributed by atoms with Gasteiger partial charge in [0.1, 0.15) is 0 Å². The van der Waals surface area contributed by atoms with Crippen molar-refractivity contribution in [2.75, 3.05) is 11.9 Å². The molecule has 0 saturated carbocycles. The summed E-state index contributed by atoms with van der Waals surface area (Å²) >= 11 is 0. The van der Waals surface area contributed by atoms with Gasteiger partial charge in [-0.2, -0.15) is 0 Å². The molecule has 0 aliphatic carbocycles. The fourth-order valence-electron chi connectivity index (χ4n) is 2.70. The number of hydrogen-bond acceptors (Lipinski definition) is 3. The van der Waals surface area contributed by atoms with Gasteiger partial charge in [0.05, 0.1) is 13.0 Å². The zero-order valence-electron chi connectivity index (χ0n) is 15.7. The smallest absolute Gasteiger partial charge is 0.326 e. The number of phosphoric ester groups is 1. The third kappa shape index (κ3) is 12.2. The standard InChI is InChI=1S/C19H32NO5P/c1-2-3-4-5-6-7-8-9-10-17-11-13-18(14-12-17)20-19(21)15-16-25-26(22,23)24/h11-14H,2-10,15-16H2,1H3,(H,20,21)(H2,22,23,24). The molecule has 0 aliphatic heterocycles. The van der Waals surface area contributed by atoms with Gasteiger partial charge in [0.15, 0.2) is 0 Å². The minimum absolute atomic E-state index is 0.106. The molecule has 3 N–H and O–H groups in total. The summed E-state index contributed by atoms with van der Waals surface area (Å²) in [6, 6.07) is 7.70. The summed E-state index contributed by atoms with van der Waals surface area (Å²) in [4.78, 5) is 28.8. The van der Waals surface area contributed by atoms with E-state index in [9.17, 15) is 9.36 Å². The van der Waals surface area contributed by atoms with Crippen LogP contribution >= 0.6 is 7.82 Å². The van der Waals surface area contributed by atoms with Crippen LogP contribution in [0.5, 0.6) is 0 Å². The molecular weight excluding hydrogens is 353 g/mol. The molecule has 148 valence electrons. The van der Waals surface area contributed by atoms with Crippen LogP contribution in [0.15, 0.2) is 24.3 Å². The van der Waals surface area contributed by atoms with Gasteiger partial charge in [0.2, 0.25) is 5.91 Å². The maximum absolute atomic E-state index is 11.7. The number of unbranched alkanes of at least 4 members (excludes halogenated alkanes) is 7. The number of carbonyl (C=O) groups excluding carboxylic acids is 1. The Kier molecular flexibility index (Phi) is 11.5. The molecule has 26 heavy (non-hydrogen) atoms. The van der Waals surface area contributed by atoms with Crippen LogP contribution in [0.3, 0.4) is 0 Å². The average Bonchev–Trinajstić information content (AvgIpc) is 2.57. The molecule has 0 heterocycles. The Balaban J connectivity index is 2.16. The van der Waals surface area contributed by atoms with E-state index < -0.39 is 7.82 Å². The average molecular weight is 385 g/mol. The molecule has 0 radical (unpaired) electrons. The lowest BCUT2D eigenvalue weighted by molar-refractivity contribution is -0.116. The zero-order chi connectivity index (χ0) is 19.3. The Labute approximate surface area is 156 Å². The topological polar surface area (TPSA) is 95.9 Å². The van der Waals surface area contributed by atoms with E-state index in [0.717, 1.165) is 6.42 Å². The molecule has 1 amide bonds. The van der Waals surface area contributed by atoms with Crippen molar-refractivity contribution < 1.29 is 23.7 Å². The number of benzene rings is 1. The first-order chi connectivity index (χ1) is 12.4. The van der Waals surface area contributed by atoms with E-state index in [0.29, 0.717) is 5.69 Å². The molecule has 0 bridgehead atoms. The van der Waals surface area contributed by atoms with Crippen LogP contribution in [0.2, 0.25) is 0 Å². The third-order valence-corrected chi connectivity index (χ3v) is 4.66. The van der Waals surface area contributed by atoms with Gasteiger partial charge >= 0.3 is 7.82 Å². The molecule has 0 aliphatic rings. The number of carbonyl (C=O) groups is 1. The van der Waals surface area contributed by atoms with E-state index in [-0.39, 0.29) is 18.9 Å². The predicted molar refractivity (Wildman–Crippen MR) is 104 cm³/mol. The van der Waals surface area contributed by atoms with Crippen molar-refractivity contribution in [3.63, 3.8) is 0 Å². The number of phosphoric acid groups is 1. The summed E-state index contributed by atoms with van der Waals surface area (Å²) in [5.41, 5.74) is 1.92. The fourth-order valence-corrected chi connectivity index (χ4v) is 3.03. The van der Waals surface area contributed by atoms with Crippen LogP contribution in [-0.4, -0.2) is 22.3 Å². The molecule has 0 aromatic heterocycles. The van der Waals surface area contributed by atoms with Crippen molar-refractivity contribution in [1.29, 1.82) is 0 Å². The number of rotatable bonds is 14. The third-order valence-electron chi connectivity index (χ3n) is 4.15. The van der Waals surface area contributed by atoms with Gasteiger partial charge in [0.25, 0.3) is 0 Å². The van der Waals surface area contributed by atoms with Gasteiger partial charge < -0.3 is 15.1 Å². The van der Waals surface area contributed by atoms with Crippen molar-refractivity contribution in [1.82, 2.24) is 0 Å². The van der Waals surface area contributed by atoms with Gasteiger partial charge in [0, 0.05) is 5.69 Å². The first-order valence-corrected chi connectivity index (χ1v) is 11.0. The molecule has 1 aromatic rings. The van der Waals surface area contributed by atoms with Gasteiger partial charge in [-0.05, 0) is 30.5 Å². The highest BCUT2D eigenvalue weighted by molar-refractivity contribution is 7.46. The zero-order valence-corrected chi connectivity index (χ0v) is 16.5. The fraction of sp³-hybridized carbons (Fsp3) is 0.632. The lowest BCUT2D eigenvalue weighted by atomic mass is 10.0. The Morgan fingerprint density at radius 3 is 2.15 bits per heavy atom. The second kappa shape index (κ2) is 13.0. The lowest BCUT2D eigenvalue weighted by Crippen LogP contribution is -2.13. The van der Waals surface area contributed by atoms with Crippen LogP contribution in [0, 0.1) is 0 Å². The Bertz CT molecular complexity index is 556. The number of anilines is 1. The largest absolute Gasteiger partial charge is 0.469 e. The van der Waals surface area contributed by atoms with Crippen LogP contribution in [0.1, 0.15) is 70.3 Å². The molecule has 0 atom stereocenters. The summed E-state index contributed by atoms with van der Waals surface area (Å²) in [6.45, 7) is 1.92. The minimum Gasteiger partial charge on any atom is -0.326 e. The molecule has 7 heteroatoms. The van der Waals surface area contributed by atoms with E-state index in [4.69, 9.17) is 9.79 Å². The predicted octanol–water partition coefficient (Wildman–Crippen LogP) is 4.81. The minimum atomic E-state index is -4.51. The monoisotopic (exact) mass is 385 g/mol. The number of amides is 1. The van der Waals surface area contributed by atoms with Crippen LogP contribution < -0.4 is 5.32 Å². The van der Waals surface area contributed by atoms with Crippen molar-refractivity contribution >= 4 is 19.4 Å². The van der Waals surface area contributed by atoms with Gasteiger partial charge in [-0.25, -0.2) is 4.57 Å². The van der Waals surface area contributed by atoms with Gasteiger partial charge in [-0.1, -0.05) is 64.0 Å². The van der Waals surface area contributed by atoms with Gasteiger partial charge in [-0.15, -0.1) is 0 Å². The Hall–Kier alpha value is -1.20. The van der Waals surface area contributed by atoms with Crippen molar-refractivity contribution in [3.8, 4) is 0 Å². The van der Waals surface area contributed by atoms with E-state index in [1.54, 1.807) is 0 Å². The molecular formula is C19H32NO5P. The maximum Gasteiger partial charge on any atom is 0.469 e. The van der Waals surface area contributed by atoms with E-state index in [1.807, 2.05) is 24.3 Å². The summed E-state index contributed by atoms with van der Waals surface area (Å²) < 4.78 is 14.8. The Morgan fingerprint density at radius 1 is 1.00 bits per heavy atom. The van der Waals surface area contributed by atoms with Crippen molar-refractivity contribution in [3.05, 3.63) is 29.8 Å². The molecule has 1 rings (SSSR count). The first-order valence-electron chi connectivity index (χ1n) is 9.49. The van der Waals surface area contributed by atoms with Gasteiger partial charge in [-0.3, -0.25) is 9.32 Å². The number of nitrogens with one attached hydrogen (secondary N) is 1. The van der Waals surface area contributed by atoms with Crippen molar-refractivity contribution in [2.45, 2.75) is 71.1 Å². The maximum atomic E-state index is 11.7. The van der Waals surface area contributed by atoms with Crippen LogP contribution in [-0.2, 0) is 20.3 Å². The quantitative estimate of drug-likeness (QED) is 0.316. The number of aryl methyl sites for hydroxylation is 1. The van der Waals surface area contributed by atoms with Crippen LogP contribution in [0.4, 0.5) is 5.69 Å².